The molecular formula is C21H23NO3. The standard InChI is InChI=1S/C21H23NO3/c1-2-3-4-9-15-16(11-12-18(15)23)19(21(24)25)17-10-5-7-14-8-6-13-22-20(14)17/h3-8,10,13,15-16,19H,2,9,11-12H2,1H3,(H,24,25). The Labute approximate surface area is 147 Å². The van der Waals surface area contributed by atoms with Gasteiger partial charge in [-0.05, 0) is 36.8 Å². The van der Waals surface area contributed by atoms with Gasteiger partial charge in [-0.3, -0.25) is 14.6 Å². The minimum atomic E-state index is -0.873. The fourth-order valence-corrected chi connectivity index (χ4v) is 3.97. The van der Waals surface area contributed by atoms with E-state index >= 15 is 0 Å². The molecule has 1 aliphatic carbocycles. The number of ketones is 1. The van der Waals surface area contributed by atoms with Gasteiger partial charge in [0.25, 0.3) is 0 Å². The molecule has 1 heterocycles. The van der Waals surface area contributed by atoms with Crippen molar-refractivity contribution in [3.63, 3.8) is 0 Å². The van der Waals surface area contributed by atoms with E-state index in [1.54, 1.807) is 6.20 Å². The molecule has 3 unspecified atom stereocenters. The Morgan fingerprint density at radius 3 is 2.88 bits per heavy atom. The lowest BCUT2D eigenvalue weighted by molar-refractivity contribution is -0.140. The molecule has 0 spiro atoms. The minimum absolute atomic E-state index is 0.181. The molecule has 2 aromatic rings. The number of carbonyl (C=O) groups is 2. The molecule has 0 saturated heterocycles. The van der Waals surface area contributed by atoms with Crippen LogP contribution in [0.2, 0.25) is 0 Å². The molecule has 1 fully saturated rings. The van der Waals surface area contributed by atoms with Crippen LogP contribution in [-0.2, 0) is 9.59 Å². The van der Waals surface area contributed by atoms with E-state index in [4.69, 9.17) is 0 Å². The van der Waals surface area contributed by atoms with Gasteiger partial charge in [-0.25, -0.2) is 0 Å². The fraction of sp³-hybridized carbons (Fsp3) is 0.381. The molecule has 0 aliphatic heterocycles. The van der Waals surface area contributed by atoms with Crippen LogP contribution in [0.4, 0.5) is 0 Å². The van der Waals surface area contributed by atoms with Crippen molar-refractivity contribution < 1.29 is 14.7 Å². The summed E-state index contributed by atoms with van der Waals surface area (Å²) in [7, 11) is 0. The van der Waals surface area contributed by atoms with E-state index in [1.807, 2.05) is 49.4 Å². The summed E-state index contributed by atoms with van der Waals surface area (Å²) in [4.78, 5) is 28.9. The van der Waals surface area contributed by atoms with Crippen molar-refractivity contribution in [3.8, 4) is 0 Å². The topological polar surface area (TPSA) is 67.3 Å². The van der Waals surface area contributed by atoms with E-state index in [1.165, 1.54) is 0 Å². The second-order valence-corrected chi connectivity index (χ2v) is 6.63. The monoisotopic (exact) mass is 337 g/mol. The van der Waals surface area contributed by atoms with Crippen LogP contribution in [0.3, 0.4) is 0 Å². The minimum Gasteiger partial charge on any atom is -0.481 e. The number of nitrogens with zero attached hydrogens (tertiary/aromatic N) is 1. The lowest BCUT2D eigenvalue weighted by Crippen LogP contribution is -2.27. The van der Waals surface area contributed by atoms with Crippen LogP contribution in [0, 0.1) is 11.8 Å². The number of para-hydroxylation sites is 1. The Hall–Kier alpha value is -2.49. The SMILES string of the molecule is CCC=CCC1C(=O)CCC1C(C(=O)O)c1cccc2cccnc12. The quantitative estimate of drug-likeness (QED) is 0.796. The van der Waals surface area contributed by atoms with Crippen molar-refractivity contribution in [1.82, 2.24) is 4.98 Å². The van der Waals surface area contributed by atoms with Crippen LogP contribution in [0.1, 0.15) is 44.1 Å². The number of fused-ring (bicyclic) bond motifs is 1. The molecule has 1 aromatic heterocycles. The number of hydrogen-bond acceptors (Lipinski definition) is 3. The van der Waals surface area contributed by atoms with Gasteiger partial charge < -0.3 is 5.11 Å². The summed E-state index contributed by atoms with van der Waals surface area (Å²) < 4.78 is 0. The summed E-state index contributed by atoms with van der Waals surface area (Å²) in [5, 5.41) is 10.9. The van der Waals surface area contributed by atoms with Crippen LogP contribution < -0.4 is 0 Å². The van der Waals surface area contributed by atoms with E-state index in [0.717, 1.165) is 22.9 Å². The van der Waals surface area contributed by atoms with Crippen molar-refractivity contribution in [2.75, 3.05) is 0 Å². The summed E-state index contributed by atoms with van der Waals surface area (Å²) in [6.45, 7) is 2.05. The molecule has 25 heavy (non-hydrogen) atoms. The lowest BCUT2D eigenvalue weighted by atomic mass is 9.77. The van der Waals surface area contributed by atoms with Gasteiger partial charge in [-0.1, -0.05) is 43.3 Å². The third kappa shape index (κ3) is 3.48. The molecule has 3 rings (SSSR count). The summed E-state index contributed by atoms with van der Waals surface area (Å²) >= 11 is 0. The van der Waals surface area contributed by atoms with E-state index in [9.17, 15) is 14.7 Å². The lowest BCUT2D eigenvalue weighted by Gasteiger charge is -2.25. The highest BCUT2D eigenvalue weighted by Gasteiger charge is 2.43. The van der Waals surface area contributed by atoms with Gasteiger partial charge in [-0.2, -0.15) is 0 Å². The predicted molar refractivity (Wildman–Crippen MR) is 97.4 cm³/mol. The number of carboxylic acids is 1. The van der Waals surface area contributed by atoms with Crippen LogP contribution in [0.15, 0.2) is 48.7 Å². The van der Waals surface area contributed by atoms with Gasteiger partial charge in [-0.15, -0.1) is 0 Å². The average molecular weight is 337 g/mol. The third-order valence-electron chi connectivity index (χ3n) is 5.14. The second kappa shape index (κ2) is 7.60. The van der Waals surface area contributed by atoms with E-state index in [2.05, 4.69) is 4.98 Å². The molecule has 0 bridgehead atoms. The molecule has 4 heteroatoms. The Bertz CT molecular complexity index is 806. The maximum absolute atomic E-state index is 12.4. The zero-order valence-electron chi connectivity index (χ0n) is 14.4. The summed E-state index contributed by atoms with van der Waals surface area (Å²) in [6.07, 6.45) is 8.38. The molecule has 0 amide bonds. The molecule has 1 aromatic carbocycles. The highest BCUT2D eigenvalue weighted by atomic mass is 16.4. The van der Waals surface area contributed by atoms with E-state index < -0.39 is 11.9 Å². The number of benzene rings is 1. The molecule has 3 atom stereocenters. The number of rotatable bonds is 6. The van der Waals surface area contributed by atoms with Crippen LogP contribution in [-0.4, -0.2) is 21.8 Å². The number of aliphatic carboxylic acids is 1. The van der Waals surface area contributed by atoms with Crippen molar-refractivity contribution in [1.29, 1.82) is 0 Å². The molecular weight excluding hydrogens is 314 g/mol. The van der Waals surface area contributed by atoms with Crippen molar-refractivity contribution >= 4 is 22.7 Å². The van der Waals surface area contributed by atoms with Gasteiger partial charge in [0.15, 0.2) is 0 Å². The number of carboxylic acid groups (broad SMARTS) is 1. The maximum atomic E-state index is 12.4. The number of allylic oxidation sites excluding steroid dienone is 2. The normalized spacial score (nSPS) is 21.9. The van der Waals surface area contributed by atoms with Gasteiger partial charge in [0.1, 0.15) is 5.78 Å². The molecule has 4 nitrogen and oxygen atoms in total. The van der Waals surface area contributed by atoms with Crippen molar-refractivity contribution in [2.45, 2.75) is 38.5 Å². The first kappa shape index (κ1) is 17.3. The summed E-state index contributed by atoms with van der Waals surface area (Å²) in [5.41, 5.74) is 1.44. The maximum Gasteiger partial charge on any atom is 0.311 e. The van der Waals surface area contributed by atoms with Crippen molar-refractivity contribution in [3.05, 3.63) is 54.2 Å². The first-order valence-corrected chi connectivity index (χ1v) is 8.87. The smallest absolute Gasteiger partial charge is 0.311 e. The largest absolute Gasteiger partial charge is 0.481 e. The predicted octanol–water partition coefficient (Wildman–Crippen LogP) is 4.35. The number of pyridine rings is 1. The first-order chi connectivity index (χ1) is 12.1. The zero-order valence-corrected chi connectivity index (χ0v) is 14.4. The van der Waals surface area contributed by atoms with Gasteiger partial charge in [0, 0.05) is 23.9 Å². The molecule has 0 radical (unpaired) electrons. The average Bonchev–Trinajstić information content (AvgIpc) is 2.96. The Morgan fingerprint density at radius 2 is 2.12 bits per heavy atom. The van der Waals surface area contributed by atoms with Gasteiger partial charge in [0.2, 0.25) is 0 Å². The fourth-order valence-electron chi connectivity index (χ4n) is 3.97. The van der Waals surface area contributed by atoms with Gasteiger partial charge >= 0.3 is 5.97 Å². The van der Waals surface area contributed by atoms with E-state index in [-0.39, 0.29) is 17.6 Å². The van der Waals surface area contributed by atoms with Crippen LogP contribution >= 0.6 is 0 Å². The molecule has 1 N–H and O–H groups in total. The number of carbonyl (C=O) groups excluding carboxylic acids is 1. The number of Topliss-reactive ketones (excluding diaryl/α,β-unsaturated/α-hetero) is 1. The van der Waals surface area contributed by atoms with Crippen LogP contribution in [0.5, 0.6) is 0 Å². The number of aromatic nitrogens is 1. The van der Waals surface area contributed by atoms with Crippen molar-refractivity contribution in [2.24, 2.45) is 11.8 Å². The highest BCUT2D eigenvalue weighted by Crippen LogP contribution is 2.43. The zero-order chi connectivity index (χ0) is 17.8. The second-order valence-electron chi connectivity index (χ2n) is 6.63. The Balaban J connectivity index is 2.01. The summed E-state index contributed by atoms with van der Waals surface area (Å²) in [6, 6.07) is 9.44. The Kier molecular flexibility index (Phi) is 5.27. The molecule has 1 aliphatic rings. The third-order valence-corrected chi connectivity index (χ3v) is 5.14. The van der Waals surface area contributed by atoms with Gasteiger partial charge in [0.05, 0.1) is 11.4 Å². The Morgan fingerprint density at radius 1 is 1.32 bits per heavy atom. The van der Waals surface area contributed by atoms with Crippen LogP contribution in [0.25, 0.3) is 10.9 Å². The summed E-state index contributed by atoms with van der Waals surface area (Å²) in [5.74, 6) is -1.79. The highest BCUT2D eigenvalue weighted by molar-refractivity contribution is 5.90. The first-order valence-electron chi connectivity index (χ1n) is 8.87. The van der Waals surface area contributed by atoms with E-state index in [0.29, 0.717) is 19.3 Å². The molecule has 130 valence electrons. The number of hydrogen-bond donors (Lipinski definition) is 1. The molecule has 1 saturated carbocycles.